The van der Waals surface area contributed by atoms with Gasteiger partial charge in [0.2, 0.25) is 5.95 Å². The molecule has 0 radical (unpaired) electrons. The number of anilines is 5. The molecule has 168 valence electrons. The average Bonchev–Trinajstić information content (AvgIpc) is 2.73. The van der Waals surface area contributed by atoms with Crippen molar-refractivity contribution in [2.45, 2.75) is 12.7 Å². The Hall–Kier alpha value is -3.66. The lowest BCUT2D eigenvalue weighted by Crippen LogP contribution is -2.28. The molecular formula is C22H26N6O3S. The first-order chi connectivity index (χ1) is 15.2. The lowest BCUT2D eigenvalue weighted by Gasteiger charge is -2.19. The molecule has 0 aliphatic heterocycles. The number of nitrogens with one attached hydrogen (secondary N) is 3. The Morgan fingerprint density at radius 1 is 1.06 bits per heavy atom. The van der Waals surface area contributed by atoms with E-state index in [9.17, 15) is 13.2 Å². The topological polar surface area (TPSA) is 116 Å². The smallest absolute Gasteiger partial charge is 0.319 e. The minimum atomic E-state index is -3.12. The highest BCUT2D eigenvalue weighted by molar-refractivity contribution is 7.89. The third kappa shape index (κ3) is 6.67. The summed E-state index contributed by atoms with van der Waals surface area (Å²) in [5, 5.41) is 8.57. The zero-order valence-corrected chi connectivity index (χ0v) is 19.0. The second kappa shape index (κ2) is 10.1. The highest BCUT2D eigenvalue weighted by atomic mass is 32.2. The number of carbonyl (C=O) groups excluding carboxylic acids is 1. The van der Waals surface area contributed by atoms with Gasteiger partial charge in [-0.1, -0.05) is 12.1 Å². The molecule has 0 unspecified atom stereocenters. The van der Waals surface area contributed by atoms with Crippen LogP contribution in [0.2, 0.25) is 0 Å². The molecule has 0 aliphatic carbocycles. The molecule has 3 rings (SSSR count). The summed E-state index contributed by atoms with van der Waals surface area (Å²) in [7, 11) is -1.24. The first kappa shape index (κ1) is 23.0. The molecule has 0 atom stereocenters. The van der Waals surface area contributed by atoms with Gasteiger partial charge in [0.1, 0.15) is 5.82 Å². The number of carbonyl (C=O) groups is 1. The fourth-order valence-electron chi connectivity index (χ4n) is 3.00. The maximum atomic E-state index is 11.6. The van der Waals surface area contributed by atoms with Crippen LogP contribution in [-0.4, -0.2) is 44.3 Å². The lowest BCUT2D eigenvalue weighted by atomic mass is 10.2. The number of benzene rings is 2. The van der Waals surface area contributed by atoms with Crippen molar-refractivity contribution in [2.24, 2.45) is 0 Å². The molecule has 0 saturated carbocycles. The van der Waals surface area contributed by atoms with Crippen LogP contribution in [0, 0.1) is 0 Å². The van der Waals surface area contributed by atoms with Crippen LogP contribution in [0.4, 0.5) is 33.6 Å². The summed E-state index contributed by atoms with van der Waals surface area (Å²) in [4.78, 5) is 22.3. The van der Waals surface area contributed by atoms with Gasteiger partial charge in [-0.05, 0) is 55.0 Å². The Kier molecular flexibility index (Phi) is 7.26. The van der Waals surface area contributed by atoms with Gasteiger partial charge in [-0.2, -0.15) is 4.98 Å². The highest BCUT2D eigenvalue weighted by Gasteiger charge is 2.09. The van der Waals surface area contributed by atoms with E-state index < -0.39 is 9.84 Å². The summed E-state index contributed by atoms with van der Waals surface area (Å²) in [6.45, 7) is 2.41. The van der Waals surface area contributed by atoms with Crippen molar-refractivity contribution in [3.05, 3.63) is 66.4 Å². The van der Waals surface area contributed by atoms with Crippen LogP contribution in [0.1, 0.15) is 12.5 Å². The standard InChI is InChI=1S/C22H26N6O3S/c1-4-23-22(29)26-17-8-10-19(11-9-17)28(2)20-12-13-24-21(27-20)25-18-7-5-6-16(14-18)15-32(3,30)31/h5-14H,4,15H2,1-3H3,(H2,23,26,29)(H,24,25,27). The van der Waals surface area contributed by atoms with E-state index in [0.29, 0.717) is 35.2 Å². The van der Waals surface area contributed by atoms with Gasteiger partial charge in [0.05, 0.1) is 5.75 Å². The third-order valence-corrected chi connectivity index (χ3v) is 5.30. The second-order valence-corrected chi connectivity index (χ2v) is 9.36. The first-order valence-electron chi connectivity index (χ1n) is 9.99. The van der Waals surface area contributed by atoms with E-state index in [0.717, 1.165) is 5.69 Å². The van der Waals surface area contributed by atoms with Crippen molar-refractivity contribution in [3.63, 3.8) is 0 Å². The third-order valence-electron chi connectivity index (χ3n) is 4.45. The fourth-order valence-corrected chi connectivity index (χ4v) is 3.79. The van der Waals surface area contributed by atoms with Crippen LogP contribution in [-0.2, 0) is 15.6 Å². The molecule has 0 bridgehead atoms. The van der Waals surface area contributed by atoms with E-state index in [-0.39, 0.29) is 11.8 Å². The minimum Gasteiger partial charge on any atom is -0.338 e. The number of hydrogen-bond donors (Lipinski definition) is 3. The van der Waals surface area contributed by atoms with Crippen molar-refractivity contribution in [1.29, 1.82) is 0 Å². The van der Waals surface area contributed by atoms with Gasteiger partial charge in [0, 0.05) is 43.1 Å². The van der Waals surface area contributed by atoms with Gasteiger partial charge >= 0.3 is 6.03 Å². The van der Waals surface area contributed by atoms with E-state index in [1.54, 1.807) is 30.5 Å². The van der Waals surface area contributed by atoms with Crippen molar-refractivity contribution in [1.82, 2.24) is 15.3 Å². The SMILES string of the molecule is CCNC(=O)Nc1ccc(N(C)c2ccnc(Nc3cccc(CS(C)(=O)=O)c3)n2)cc1. The van der Waals surface area contributed by atoms with E-state index in [1.165, 1.54) is 6.26 Å². The molecule has 9 nitrogen and oxygen atoms in total. The van der Waals surface area contributed by atoms with Gasteiger partial charge in [-0.25, -0.2) is 18.2 Å². The number of hydrogen-bond acceptors (Lipinski definition) is 7. The lowest BCUT2D eigenvalue weighted by molar-refractivity contribution is 0.252. The summed E-state index contributed by atoms with van der Waals surface area (Å²) in [5.74, 6) is 1.02. The van der Waals surface area contributed by atoms with Gasteiger partial charge in [-0.15, -0.1) is 0 Å². The maximum absolute atomic E-state index is 11.6. The molecule has 3 aromatic rings. The molecule has 0 saturated heterocycles. The predicted molar refractivity (Wildman–Crippen MR) is 128 cm³/mol. The second-order valence-electron chi connectivity index (χ2n) is 7.22. The maximum Gasteiger partial charge on any atom is 0.319 e. The predicted octanol–water partition coefficient (Wildman–Crippen LogP) is 3.67. The van der Waals surface area contributed by atoms with Crippen molar-refractivity contribution in [3.8, 4) is 0 Å². The summed E-state index contributed by atoms with van der Waals surface area (Å²) in [6.07, 6.45) is 2.85. The number of amides is 2. The van der Waals surface area contributed by atoms with Gasteiger partial charge < -0.3 is 20.9 Å². The zero-order chi connectivity index (χ0) is 23.1. The summed E-state index contributed by atoms with van der Waals surface area (Å²) in [5.41, 5.74) is 2.96. The first-order valence-corrected chi connectivity index (χ1v) is 12.0. The monoisotopic (exact) mass is 454 g/mol. The van der Waals surface area contributed by atoms with Crippen molar-refractivity contribution in [2.75, 3.05) is 35.4 Å². The van der Waals surface area contributed by atoms with E-state index >= 15 is 0 Å². The summed E-state index contributed by atoms with van der Waals surface area (Å²) < 4.78 is 23.1. The Labute approximate surface area is 187 Å². The molecule has 32 heavy (non-hydrogen) atoms. The van der Waals surface area contributed by atoms with E-state index in [4.69, 9.17) is 0 Å². The molecule has 0 aliphatic rings. The van der Waals surface area contributed by atoms with Gasteiger partial charge in [0.15, 0.2) is 9.84 Å². The molecule has 3 N–H and O–H groups in total. The van der Waals surface area contributed by atoms with Gasteiger partial charge in [-0.3, -0.25) is 0 Å². The fraction of sp³-hybridized carbons (Fsp3) is 0.227. The van der Waals surface area contributed by atoms with Crippen LogP contribution in [0.5, 0.6) is 0 Å². The Morgan fingerprint density at radius 3 is 2.50 bits per heavy atom. The molecular weight excluding hydrogens is 428 g/mol. The Morgan fingerprint density at radius 2 is 1.81 bits per heavy atom. The Bertz CT molecular complexity index is 1180. The summed E-state index contributed by atoms with van der Waals surface area (Å²) >= 11 is 0. The minimum absolute atomic E-state index is 0.0306. The molecule has 2 amide bonds. The average molecular weight is 455 g/mol. The van der Waals surface area contributed by atoms with Crippen LogP contribution in [0.3, 0.4) is 0 Å². The molecule has 0 fully saturated rings. The number of nitrogens with zero attached hydrogens (tertiary/aromatic N) is 3. The summed E-state index contributed by atoms with van der Waals surface area (Å²) in [6, 6.07) is 16.1. The van der Waals surface area contributed by atoms with E-state index in [1.807, 2.05) is 49.2 Å². The molecule has 1 aromatic heterocycles. The van der Waals surface area contributed by atoms with Crippen LogP contribution in [0.15, 0.2) is 60.8 Å². The molecule has 1 heterocycles. The number of rotatable bonds is 8. The normalized spacial score (nSPS) is 11.0. The van der Waals surface area contributed by atoms with Crippen molar-refractivity contribution < 1.29 is 13.2 Å². The number of aromatic nitrogens is 2. The largest absolute Gasteiger partial charge is 0.338 e. The van der Waals surface area contributed by atoms with Crippen LogP contribution in [0.25, 0.3) is 0 Å². The van der Waals surface area contributed by atoms with Crippen LogP contribution >= 0.6 is 0 Å². The number of sulfone groups is 1. The number of urea groups is 1. The van der Waals surface area contributed by atoms with Gasteiger partial charge in [0.25, 0.3) is 0 Å². The molecule has 0 spiro atoms. The van der Waals surface area contributed by atoms with Crippen molar-refractivity contribution >= 4 is 44.7 Å². The highest BCUT2D eigenvalue weighted by Crippen LogP contribution is 2.25. The quantitative estimate of drug-likeness (QED) is 0.475. The zero-order valence-electron chi connectivity index (χ0n) is 18.2. The molecule has 2 aromatic carbocycles. The molecule has 10 heteroatoms. The van der Waals surface area contributed by atoms with E-state index in [2.05, 4.69) is 25.9 Å². The Balaban J connectivity index is 1.72. The van der Waals surface area contributed by atoms with Crippen LogP contribution < -0.4 is 20.9 Å².